The molecule has 0 saturated heterocycles. The van der Waals surface area contributed by atoms with Crippen molar-refractivity contribution in [2.45, 2.75) is 6.92 Å². The van der Waals surface area contributed by atoms with E-state index in [0.717, 1.165) is 16.6 Å². The molecular formula is C14H10Cl2N2S. The molecule has 1 heterocycles. The van der Waals surface area contributed by atoms with Crippen LogP contribution in [-0.2, 0) is 0 Å². The molecule has 0 spiro atoms. The molecule has 0 fully saturated rings. The Morgan fingerprint density at radius 3 is 2.37 bits per heavy atom. The standard InChI is InChI=1S/C14H10Cl2N2S/c1-8-4-2-7-11-12(8)17-14(19)18(11)13-9(15)5-3-6-10(13)16/h2-7H,1H3,(H,17,19). The summed E-state index contributed by atoms with van der Waals surface area (Å²) in [7, 11) is 0. The molecule has 1 N–H and O–H groups in total. The van der Waals surface area contributed by atoms with E-state index in [1.807, 2.05) is 35.8 Å². The van der Waals surface area contributed by atoms with Crippen LogP contribution in [0.5, 0.6) is 0 Å². The van der Waals surface area contributed by atoms with Crippen molar-refractivity contribution in [3.05, 3.63) is 56.8 Å². The molecule has 5 heteroatoms. The molecule has 3 aromatic rings. The summed E-state index contributed by atoms with van der Waals surface area (Å²) in [5.41, 5.74) is 3.82. The fraction of sp³-hybridized carbons (Fsp3) is 0.0714. The third-order valence-corrected chi connectivity index (χ3v) is 3.98. The highest BCUT2D eigenvalue weighted by molar-refractivity contribution is 7.71. The molecule has 1 aromatic heterocycles. The highest BCUT2D eigenvalue weighted by Crippen LogP contribution is 2.32. The fourth-order valence-corrected chi connectivity index (χ4v) is 3.06. The Labute approximate surface area is 125 Å². The van der Waals surface area contributed by atoms with Crippen LogP contribution in [0.15, 0.2) is 36.4 Å². The molecule has 0 saturated carbocycles. The van der Waals surface area contributed by atoms with Gasteiger partial charge in [-0.15, -0.1) is 0 Å². The number of rotatable bonds is 1. The van der Waals surface area contributed by atoms with E-state index < -0.39 is 0 Å². The first-order valence-electron chi connectivity index (χ1n) is 5.74. The second kappa shape index (κ2) is 4.67. The Kier molecular flexibility index (Phi) is 3.13. The lowest BCUT2D eigenvalue weighted by molar-refractivity contribution is 1.07. The van der Waals surface area contributed by atoms with Gasteiger partial charge in [-0.05, 0) is 42.9 Å². The molecule has 0 aliphatic heterocycles. The normalized spacial score (nSPS) is 11.1. The summed E-state index contributed by atoms with van der Waals surface area (Å²) in [5.74, 6) is 0. The molecule has 2 nitrogen and oxygen atoms in total. The minimum Gasteiger partial charge on any atom is -0.330 e. The second-order valence-electron chi connectivity index (χ2n) is 4.30. The summed E-state index contributed by atoms with van der Waals surface area (Å²) in [5, 5.41) is 1.15. The van der Waals surface area contributed by atoms with Gasteiger partial charge in [0.25, 0.3) is 0 Å². The number of hydrogen-bond acceptors (Lipinski definition) is 1. The third kappa shape index (κ3) is 1.98. The van der Waals surface area contributed by atoms with Gasteiger partial charge in [0.15, 0.2) is 4.77 Å². The smallest absolute Gasteiger partial charge is 0.182 e. The Bertz CT molecular complexity index is 813. The van der Waals surface area contributed by atoms with Crippen molar-refractivity contribution < 1.29 is 0 Å². The zero-order valence-electron chi connectivity index (χ0n) is 10.1. The van der Waals surface area contributed by atoms with Crippen molar-refractivity contribution in [3.63, 3.8) is 0 Å². The maximum absolute atomic E-state index is 6.27. The summed E-state index contributed by atoms with van der Waals surface area (Å²) < 4.78 is 2.46. The van der Waals surface area contributed by atoms with E-state index in [1.54, 1.807) is 12.1 Å². The Morgan fingerprint density at radius 2 is 1.68 bits per heavy atom. The summed E-state index contributed by atoms with van der Waals surface area (Å²) in [6.07, 6.45) is 0. The van der Waals surface area contributed by atoms with Gasteiger partial charge in [0.2, 0.25) is 0 Å². The molecule has 19 heavy (non-hydrogen) atoms. The monoisotopic (exact) mass is 308 g/mol. The SMILES string of the molecule is Cc1cccc2c1[nH]c(=S)n2-c1c(Cl)cccc1Cl. The number of benzene rings is 2. The Hall–Kier alpha value is -1.29. The van der Waals surface area contributed by atoms with Crippen LogP contribution in [0.3, 0.4) is 0 Å². The molecule has 0 unspecified atom stereocenters. The molecule has 0 atom stereocenters. The summed E-state index contributed by atoms with van der Waals surface area (Å²) >= 11 is 17.9. The Balaban J connectivity index is 2.47. The average Bonchev–Trinajstić information content (AvgIpc) is 2.68. The first-order valence-corrected chi connectivity index (χ1v) is 6.91. The lowest BCUT2D eigenvalue weighted by Gasteiger charge is -2.09. The van der Waals surface area contributed by atoms with Crippen LogP contribution in [0.25, 0.3) is 16.7 Å². The summed E-state index contributed by atoms with van der Waals surface area (Å²) in [6.45, 7) is 2.03. The number of aromatic nitrogens is 2. The van der Waals surface area contributed by atoms with Gasteiger partial charge in [-0.25, -0.2) is 0 Å². The van der Waals surface area contributed by atoms with Gasteiger partial charge >= 0.3 is 0 Å². The maximum atomic E-state index is 6.27. The number of H-pyrrole nitrogens is 1. The van der Waals surface area contributed by atoms with Crippen LogP contribution in [0, 0.1) is 11.7 Å². The van der Waals surface area contributed by atoms with Crippen LogP contribution in [0.1, 0.15) is 5.56 Å². The highest BCUT2D eigenvalue weighted by atomic mass is 35.5. The number of aryl methyl sites for hydroxylation is 1. The van der Waals surface area contributed by atoms with E-state index in [1.165, 1.54) is 0 Å². The van der Waals surface area contributed by atoms with Gasteiger partial charge in [0.1, 0.15) is 0 Å². The number of nitrogens with zero attached hydrogens (tertiary/aromatic N) is 1. The fourth-order valence-electron chi connectivity index (χ4n) is 2.20. The van der Waals surface area contributed by atoms with Crippen LogP contribution < -0.4 is 0 Å². The predicted molar refractivity (Wildman–Crippen MR) is 83.2 cm³/mol. The first kappa shape index (κ1) is 12.7. The van der Waals surface area contributed by atoms with Crippen LogP contribution in [0.2, 0.25) is 10.0 Å². The zero-order valence-corrected chi connectivity index (χ0v) is 12.4. The number of aromatic amines is 1. The van der Waals surface area contributed by atoms with Crippen molar-refractivity contribution >= 4 is 46.5 Å². The maximum Gasteiger partial charge on any atom is 0.182 e. The van der Waals surface area contributed by atoms with Crippen molar-refractivity contribution in [1.82, 2.24) is 9.55 Å². The third-order valence-electron chi connectivity index (χ3n) is 3.09. The number of nitrogens with one attached hydrogen (secondary N) is 1. The largest absolute Gasteiger partial charge is 0.330 e. The predicted octanol–water partition coefficient (Wildman–Crippen LogP) is 5.30. The van der Waals surface area contributed by atoms with Gasteiger partial charge in [-0.1, -0.05) is 41.4 Å². The number of para-hydroxylation sites is 2. The minimum absolute atomic E-state index is 0.575. The van der Waals surface area contributed by atoms with Gasteiger partial charge in [-0.3, -0.25) is 4.57 Å². The molecule has 2 aromatic carbocycles. The number of fused-ring (bicyclic) bond motifs is 1. The summed E-state index contributed by atoms with van der Waals surface area (Å²) in [4.78, 5) is 3.21. The van der Waals surface area contributed by atoms with E-state index in [9.17, 15) is 0 Å². The number of imidazole rings is 1. The van der Waals surface area contributed by atoms with Crippen molar-refractivity contribution in [2.75, 3.05) is 0 Å². The van der Waals surface area contributed by atoms with Crippen molar-refractivity contribution in [2.24, 2.45) is 0 Å². The van der Waals surface area contributed by atoms with E-state index in [2.05, 4.69) is 4.98 Å². The van der Waals surface area contributed by atoms with Crippen LogP contribution in [-0.4, -0.2) is 9.55 Å². The summed E-state index contributed by atoms with van der Waals surface area (Å²) in [6, 6.07) is 11.4. The molecule has 0 radical (unpaired) electrons. The van der Waals surface area contributed by atoms with Gasteiger partial charge < -0.3 is 4.98 Å². The molecule has 0 bridgehead atoms. The topological polar surface area (TPSA) is 20.7 Å². The number of halogens is 2. The minimum atomic E-state index is 0.575. The molecule has 0 aliphatic rings. The van der Waals surface area contributed by atoms with Gasteiger partial charge in [0.05, 0.1) is 26.8 Å². The van der Waals surface area contributed by atoms with E-state index >= 15 is 0 Å². The first-order chi connectivity index (χ1) is 9.09. The van der Waals surface area contributed by atoms with E-state index in [0.29, 0.717) is 20.5 Å². The average molecular weight is 309 g/mol. The Morgan fingerprint density at radius 1 is 1.05 bits per heavy atom. The lowest BCUT2D eigenvalue weighted by Crippen LogP contribution is -1.96. The van der Waals surface area contributed by atoms with Crippen LogP contribution >= 0.6 is 35.4 Å². The highest BCUT2D eigenvalue weighted by Gasteiger charge is 2.13. The zero-order chi connectivity index (χ0) is 13.6. The molecule has 96 valence electrons. The molecular weight excluding hydrogens is 299 g/mol. The van der Waals surface area contributed by atoms with E-state index in [4.69, 9.17) is 35.4 Å². The van der Waals surface area contributed by atoms with Gasteiger partial charge in [0, 0.05) is 0 Å². The van der Waals surface area contributed by atoms with E-state index in [-0.39, 0.29) is 0 Å². The quantitative estimate of drug-likeness (QED) is 0.605. The van der Waals surface area contributed by atoms with Crippen molar-refractivity contribution in [3.8, 4) is 5.69 Å². The number of hydrogen-bond donors (Lipinski definition) is 1. The lowest BCUT2D eigenvalue weighted by atomic mass is 10.2. The molecule has 3 rings (SSSR count). The molecule has 0 aliphatic carbocycles. The molecule has 0 amide bonds. The second-order valence-corrected chi connectivity index (χ2v) is 5.51. The van der Waals surface area contributed by atoms with Crippen molar-refractivity contribution in [1.29, 1.82) is 0 Å². The van der Waals surface area contributed by atoms with Crippen LogP contribution in [0.4, 0.5) is 0 Å². The van der Waals surface area contributed by atoms with Gasteiger partial charge in [-0.2, -0.15) is 0 Å².